The van der Waals surface area contributed by atoms with Gasteiger partial charge in [-0.1, -0.05) is 57.8 Å². The van der Waals surface area contributed by atoms with Gasteiger partial charge in [0.2, 0.25) is 21.8 Å². The minimum atomic E-state index is -4.88. The number of fused-ring (bicyclic) bond motifs is 1. The van der Waals surface area contributed by atoms with E-state index in [0.29, 0.717) is 36.4 Å². The first kappa shape index (κ1) is 39.6. The predicted octanol–water partition coefficient (Wildman–Crippen LogP) is 5.34. The van der Waals surface area contributed by atoms with Gasteiger partial charge in [-0.15, -0.1) is 0 Å². The standard InChI is InChI=1S/C36H42ClF4N5O7S/c1-5-20-15-35(20,32(49)44-54(51,52)25-9-10-25)43-30(47)28-14-24(53-33(50)45-16-19-7-6-8-27(37)26(19)18-45)17-46(28)31(48)29(34(2,3)4)42-23-12-21(36(39,40)41)11-22(38)13-23/h6-8,11-13,20,24-25,28-29,42H,5,9-10,14-18H2,1-4H3,(H,43,47)(H,44,49)/t20-,24-,28+,29?,35-/m1/s1. The van der Waals surface area contributed by atoms with Crippen molar-refractivity contribution >= 4 is 51.1 Å². The van der Waals surface area contributed by atoms with Crippen molar-refractivity contribution in [1.29, 1.82) is 0 Å². The topological polar surface area (TPSA) is 154 Å². The third-order valence-corrected chi connectivity index (χ3v) is 12.7. The van der Waals surface area contributed by atoms with Crippen molar-refractivity contribution in [3.8, 4) is 0 Å². The molecular formula is C36H42ClF4N5O7S. The number of sulfonamides is 1. The third-order valence-electron chi connectivity index (χ3n) is 10.5. The number of alkyl halides is 3. The van der Waals surface area contributed by atoms with Crippen LogP contribution in [0.5, 0.6) is 0 Å². The Labute approximate surface area is 315 Å². The Hall–Kier alpha value is -4.12. The molecule has 4 aliphatic rings. The second-order valence-corrected chi connectivity index (χ2v) is 18.0. The van der Waals surface area contributed by atoms with E-state index in [4.69, 9.17) is 16.3 Å². The molecule has 4 amide bonds. The molecule has 54 heavy (non-hydrogen) atoms. The molecule has 2 aromatic rings. The number of anilines is 1. The van der Waals surface area contributed by atoms with Crippen molar-refractivity contribution in [3.63, 3.8) is 0 Å². The number of halogens is 5. The number of rotatable bonds is 10. The smallest absolute Gasteiger partial charge is 0.416 e. The summed E-state index contributed by atoms with van der Waals surface area (Å²) in [5, 5.41) is 5.23. The van der Waals surface area contributed by atoms with Gasteiger partial charge >= 0.3 is 12.3 Å². The number of nitrogens with one attached hydrogen (secondary N) is 3. The van der Waals surface area contributed by atoms with Gasteiger partial charge in [0.25, 0.3) is 5.91 Å². The molecule has 0 bridgehead atoms. The molecule has 0 radical (unpaired) electrons. The molecule has 1 saturated heterocycles. The van der Waals surface area contributed by atoms with E-state index in [1.807, 2.05) is 6.07 Å². The summed E-state index contributed by atoms with van der Waals surface area (Å²) in [4.78, 5) is 58.1. The number of hydrogen-bond donors (Lipinski definition) is 3. The summed E-state index contributed by atoms with van der Waals surface area (Å²) >= 11 is 6.32. The first-order valence-corrected chi connectivity index (χ1v) is 19.6. The molecule has 0 spiro atoms. The van der Waals surface area contributed by atoms with Gasteiger partial charge in [0.05, 0.1) is 23.9 Å². The van der Waals surface area contributed by atoms with Crippen molar-refractivity contribution in [3.05, 3.63) is 63.9 Å². The van der Waals surface area contributed by atoms with Crippen LogP contribution in [0, 0.1) is 17.2 Å². The highest BCUT2D eigenvalue weighted by atomic mass is 35.5. The average molecular weight is 800 g/mol. The molecule has 6 rings (SSSR count). The predicted molar refractivity (Wildman–Crippen MR) is 189 cm³/mol. The van der Waals surface area contributed by atoms with Crippen LogP contribution in [0.4, 0.5) is 28.0 Å². The maximum atomic E-state index is 14.5. The van der Waals surface area contributed by atoms with Crippen molar-refractivity contribution < 1.29 is 49.9 Å². The number of carbonyl (C=O) groups excluding carboxylic acids is 4. The van der Waals surface area contributed by atoms with Crippen molar-refractivity contribution in [2.24, 2.45) is 11.3 Å². The lowest BCUT2D eigenvalue weighted by molar-refractivity contribution is -0.141. The molecule has 2 aliphatic heterocycles. The molecule has 3 N–H and O–H groups in total. The van der Waals surface area contributed by atoms with Gasteiger partial charge in [0.15, 0.2) is 0 Å². The van der Waals surface area contributed by atoms with Crippen LogP contribution in [-0.4, -0.2) is 77.6 Å². The molecule has 5 atom stereocenters. The van der Waals surface area contributed by atoms with Crippen LogP contribution in [0.2, 0.25) is 5.02 Å². The van der Waals surface area contributed by atoms with Crippen LogP contribution >= 0.6 is 11.6 Å². The lowest BCUT2D eigenvalue weighted by atomic mass is 9.85. The van der Waals surface area contributed by atoms with E-state index >= 15 is 0 Å². The summed E-state index contributed by atoms with van der Waals surface area (Å²) in [7, 11) is -3.96. The number of amides is 4. The fourth-order valence-electron chi connectivity index (χ4n) is 7.22. The van der Waals surface area contributed by atoms with E-state index in [-0.39, 0.29) is 38.2 Å². The van der Waals surface area contributed by atoms with Crippen LogP contribution in [-0.2, 0) is 48.4 Å². The maximum absolute atomic E-state index is 14.5. The van der Waals surface area contributed by atoms with E-state index in [9.17, 15) is 45.2 Å². The second-order valence-electron chi connectivity index (χ2n) is 15.6. The van der Waals surface area contributed by atoms with E-state index in [2.05, 4.69) is 15.4 Å². The molecule has 18 heteroatoms. The van der Waals surface area contributed by atoms with Crippen LogP contribution in [0.1, 0.15) is 76.5 Å². The SMILES string of the molecule is CC[C@@H]1C[C@]1(NC(=O)[C@@H]1C[C@@H](OC(=O)N2Cc3cccc(Cl)c3C2)CN1C(=O)C(Nc1cc(F)cc(C(F)(F)F)c1)C(C)(C)C)C(=O)NS(=O)(=O)C1CC1. The normalized spacial score (nSPS) is 24.4. The molecule has 0 aromatic heterocycles. The summed E-state index contributed by atoms with van der Waals surface area (Å²) in [5.74, 6) is -4.06. The quantitative estimate of drug-likeness (QED) is 0.273. The molecule has 2 saturated carbocycles. The summed E-state index contributed by atoms with van der Waals surface area (Å²) in [5.41, 5.74) is -2.63. The lowest BCUT2D eigenvalue weighted by Crippen LogP contribution is -2.58. The molecule has 294 valence electrons. The first-order valence-electron chi connectivity index (χ1n) is 17.7. The Balaban J connectivity index is 1.27. The molecule has 1 unspecified atom stereocenters. The second kappa shape index (κ2) is 14.2. The minimum absolute atomic E-state index is 0.145. The first-order chi connectivity index (χ1) is 25.1. The zero-order valence-corrected chi connectivity index (χ0v) is 31.6. The highest BCUT2D eigenvalue weighted by Crippen LogP contribution is 2.47. The molecule has 2 aromatic carbocycles. The number of hydrogen-bond acceptors (Lipinski definition) is 8. The van der Waals surface area contributed by atoms with Crippen LogP contribution in [0.25, 0.3) is 0 Å². The van der Waals surface area contributed by atoms with Crippen LogP contribution in [0.15, 0.2) is 36.4 Å². The van der Waals surface area contributed by atoms with Crippen LogP contribution in [0.3, 0.4) is 0 Å². The Morgan fingerprint density at radius 2 is 1.78 bits per heavy atom. The molecule has 3 fully saturated rings. The van der Waals surface area contributed by atoms with E-state index < -0.39 is 91.7 Å². The Bertz CT molecular complexity index is 1970. The number of benzene rings is 2. The molecule has 2 aliphatic carbocycles. The summed E-state index contributed by atoms with van der Waals surface area (Å²) < 4.78 is 88.4. The Morgan fingerprint density at radius 1 is 1.07 bits per heavy atom. The molecular weight excluding hydrogens is 758 g/mol. The maximum Gasteiger partial charge on any atom is 0.416 e. The fourth-order valence-corrected chi connectivity index (χ4v) is 8.83. The van der Waals surface area contributed by atoms with Gasteiger partial charge < -0.3 is 20.3 Å². The highest BCUT2D eigenvalue weighted by molar-refractivity contribution is 7.91. The van der Waals surface area contributed by atoms with Crippen LogP contribution < -0.4 is 15.4 Å². The van der Waals surface area contributed by atoms with Gasteiger partial charge in [0.1, 0.15) is 29.5 Å². The number of carbonyl (C=O) groups is 4. The summed E-state index contributed by atoms with van der Waals surface area (Å²) in [6, 6.07) is 4.41. The van der Waals surface area contributed by atoms with Crippen molar-refractivity contribution in [1.82, 2.24) is 19.8 Å². The van der Waals surface area contributed by atoms with E-state index in [1.54, 1.807) is 39.8 Å². The number of likely N-dealkylation sites (tertiary alicyclic amines) is 1. The Morgan fingerprint density at radius 3 is 2.37 bits per heavy atom. The number of nitrogens with zero attached hydrogens (tertiary/aromatic N) is 2. The largest absolute Gasteiger partial charge is 0.444 e. The van der Waals surface area contributed by atoms with Gasteiger partial charge in [-0.3, -0.25) is 24.0 Å². The van der Waals surface area contributed by atoms with Gasteiger partial charge in [-0.05, 0) is 66.0 Å². The molecule has 12 nitrogen and oxygen atoms in total. The van der Waals surface area contributed by atoms with E-state index in [0.717, 1.165) is 22.1 Å². The van der Waals surface area contributed by atoms with Gasteiger partial charge in [-0.25, -0.2) is 17.6 Å². The fraction of sp³-hybridized carbons (Fsp3) is 0.556. The monoisotopic (exact) mass is 799 g/mol. The van der Waals surface area contributed by atoms with Crippen molar-refractivity contribution in [2.45, 2.75) is 108 Å². The zero-order valence-electron chi connectivity index (χ0n) is 30.1. The van der Waals surface area contributed by atoms with Crippen molar-refractivity contribution in [2.75, 3.05) is 11.9 Å². The zero-order chi connectivity index (χ0) is 39.5. The van der Waals surface area contributed by atoms with Gasteiger partial charge in [-0.2, -0.15) is 13.2 Å². The van der Waals surface area contributed by atoms with Gasteiger partial charge in [0, 0.05) is 23.7 Å². The molecule has 2 heterocycles. The summed E-state index contributed by atoms with van der Waals surface area (Å²) in [6.45, 7) is 6.72. The van der Waals surface area contributed by atoms with E-state index in [1.165, 1.54) is 4.90 Å². The average Bonchev–Trinajstić information content (AvgIpc) is 3.96. The number of ether oxygens (including phenoxy) is 1. The lowest BCUT2D eigenvalue weighted by Gasteiger charge is -2.36. The summed E-state index contributed by atoms with van der Waals surface area (Å²) in [6.07, 6.45) is -5.48. The minimum Gasteiger partial charge on any atom is -0.444 e. The Kier molecular flexibility index (Phi) is 10.4. The highest BCUT2D eigenvalue weighted by Gasteiger charge is 2.62. The third kappa shape index (κ3) is 8.11.